The minimum Gasteiger partial charge on any atom is -1.00 e. The second-order valence-electron chi connectivity index (χ2n) is 3.11. The van der Waals surface area contributed by atoms with Crippen molar-refractivity contribution in [3.63, 3.8) is 0 Å². The molecule has 99 valence electrons. The number of hydrogen-bond donors (Lipinski definition) is 1. The van der Waals surface area contributed by atoms with Crippen LogP contribution in [0.25, 0.3) is 0 Å². The molecule has 1 N–H and O–H groups in total. The van der Waals surface area contributed by atoms with Gasteiger partial charge in [0.15, 0.2) is 6.29 Å². The molecule has 0 saturated carbocycles. The van der Waals surface area contributed by atoms with E-state index in [4.69, 9.17) is 5.11 Å². The Hall–Kier alpha value is -0.0451. The van der Waals surface area contributed by atoms with Crippen LogP contribution in [0.2, 0.25) is 0 Å². The molecule has 0 bridgehead atoms. The van der Waals surface area contributed by atoms with E-state index in [1.54, 1.807) is 30.6 Å². The molecule has 20 heavy (non-hydrogen) atoms. The van der Waals surface area contributed by atoms with Crippen LogP contribution in [-0.4, -0.2) is 29.8 Å². The van der Waals surface area contributed by atoms with Gasteiger partial charge in [-0.1, -0.05) is 6.07 Å². The van der Waals surface area contributed by atoms with Crippen LogP contribution in [-0.2, 0) is 6.61 Å². The molecule has 0 aliphatic carbocycles. The topological polar surface area (TPSA) is 63.1 Å². The second kappa shape index (κ2) is 12.7. The fourth-order valence-electron chi connectivity index (χ4n) is 1.02. The van der Waals surface area contributed by atoms with Gasteiger partial charge in [-0.05, 0) is 50.1 Å². The number of aliphatic hydroxyl groups excluding tert-OH is 1. The van der Waals surface area contributed by atoms with E-state index in [0.29, 0.717) is 14.8 Å². The number of carbonyl (C=O) groups is 1. The van der Waals surface area contributed by atoms with E-state index in [1.807, 2.05) is 6.07 Å². The summed E-state index contributed by atoms with van der Waals surface area (Å²) in [7, 11) is 0. The molecule has 0 unspecified atom stereocenters. The van der Waals surface area contributed by atoms with Gasteiger partial charge in [-0.3, -0.25) is 4.79 Å². The van der Waals surface area contributed by atoms with Crippen molar-refractivity contribution in [3.05, 3.63) is 57.0 Å². The normalized spacial score (nSPS) is 8.35. The van der Waals surface area contributed by atoms with Crippen LogP contribution in [0.3, 0.4) is 0 Å². The van der Waals surface area contributed by atoms with Crippen molar-refractivity contribution in [2.75, 3.05) is 0 Å². The molecule has 4 nitrogen and oxygen atoms in total. The van der Waals surface area contributed by atoms with Crippen molar-refractivity contribution < 1.29 is 40.9 Å². The van der Waals surface area contributed by atoms with Gasteiger partial charge in [0.05, 0.1) is 6.61 Å². The van der Waals surface area contributed by atoms with Gasteiger partial charge >= 0.3 is 29.6 Å². The van der Waals surface area contributed by atoms with Crippen molar-refractivity contribution in [1.29, 1.82) is 0 Å². The van der Waals surface area contributed by atoms with E-state index in [0.717, 1.165) is 11.8 Å². The minimum absolute atomic E-state index is 0. The van der Waals surface area contributed by atoms with Gasteiger partial charge in [-0.2, -0.15) is 0 Å². The molecule has 0 spiro atoms. The van der Waals surface area contributed by atoms with Crippen LogP contribution in [0.5, 0.6) is 0 Å². The molecular weight excluding hydrogens is 398 g/mol. The smallest absolute Gasteiger partial charge is 1.00 e. The van der Waals surface area contributed by atoms with E-state index in [1.165, 1.54) is 0 Å². The van der Waals surface area contributed by atoms with Crippen molar-refractivity contribution in [2.24, 2.45) is 0 Å². The van der Waals surface area contributed by atoms with E-state index < -0.39 is 0 Å². The van der Waals surface area contributed by atoms with Crippen molar-refractivity contribution in [2.45, 2.75) is 6.61 Å². The third-order valence-electron chi connectivity index (χ3n) is 1.92. The molecule has 8 heteroatoms. The minimum atomic E-state index is 0. The molecule has 2 aromatic rings. The van der Waals surface area contributed by atoms with Crippen LogP contribution >= 0.6 is 31.9 Å². The maximum Gasteiger partial charge on any atom is 1.00 e. The van der Waals surface area contributed by atoms with Gasteiger partial charge in [0.2, 0.25) is 0 Å². The van der Waals surface area contributed by atoms with Gasteiger partial charge in [0.1, 0.15) is 9.21 Å². The zero-order valence-electron chi connectivity index (χ0n) is 11.8. The zero-order valence-corrected chi connectivity index (χ0v) is 16.0. The fraction of sp³-hybridized carbons (Fsp3) is 0.0833. The van der Waals surface area contributed by atoms with E-state index in [9.17, 15) is 4.79 Å². The number of halogens is 2. The number of nitrogens with zero attached hydrogens (tertiary/aromatic N) is 2. The Morgan fingerprint density at radius 2 is 1.70 bits per heavy atom. The standard InChI is InChI=1S/C6H6BrNO.C6H4BrNO.B.Na.H/c2*7-6-5(4-9)2-1-3-8-6;;;/h1-3,9H,4H2;1-4H;;;/q;;;+1;-1. The SMILES string of the molecule is O=Cc1cccnc1Br.OCc1cccnc1Br.[B].[H-].[Na+]. The largest absolute Gasteiger partial charge is 1.00 e. The Labute approximate surface area is 160 Å². The number of aliphatic hydroxyl groups is 1. The number of carbonyl (C=O) groups excluding carboxylic acids is 1. The first kappa shape index (κ1) is 22.2. The Balaban J connectivity index is -0.000000270. The van der Waals surface area contributed by atoms with E-state index in [-0.39, 0.29) is 46.0 Å². The number of hydrogen-bond acceptors (Lipinski definition) is 4. The summed E-state index contributed by atoms with van der Waals surface area (Å²) in [5, 5.41) is 8.65. The maximum atomic E-state index is 10.2. The first-order valence-corrected chi connectivity index (χ1v) is 6.53. The van der Waals surface area contributed by atoms with Gasteiger partial charge in [0, 0.05) is 31.9 Å². The molecule has 0 aliphatic rings. The zero-order chi connectivity index (χ0) is 13.4. The number of aromatic nitrogens is 2. The van der Waals surface area contributed by atoms with Gasteiger partial charge in [-0.15, -0.1) is 0 Å². The molecule has 2 aromatic heterocycles. The molecule has 3 radical (unpaired) electrons. The average molecular weight is 409 g/mol. The molecule has 0 fully saturated rings. The summed E-state index contributed by atoms with van der Waals surface area (Å²) in [6.45, 7) is 0.0361. The first-order valence-electron chi connectivity index (χ1n) is 4.95. The molecule has 0 aliphatic heterocycles. The average Bonchev–Trinajstić information content (AvgIpc) is 2.41. The number of pyridine rings is 2. The van der Waals surface area contributed by atoms with Crippen LogP contribution in [0.1, 0.15) is 17.3 Å². The molecule has 0 atom stereocenters. The van der Waals surface area contributed by atoms with Gasteiger partial charge in [0.25, 0.3) is 0 Å². The molecule has 2 rings (SSSR count). The Kier molecular flexibility index (Phi) is 14.1. The fourth-order valence-corrected chi connectivity index (χ4v) is 1.74. The predicted octanol–water partition coefficient (Wildman–Crippen LogP) is -0.271. The third-order valence-corrected chi connectivity index (χ3v) is 3.30. The van der Waals surface area contributed by atoms with E-state index >= 15 is 0 Å². The third kappa shape index (κ3) is 7.66. The van der Waals surface area contributed by atoms with Crippen molar-refractivity contribution in [1.82, 2.24) is 9.97 Å². The monoisotopic (exact) mass is 407 g/mol. The summed E-state index contributed by atoms with van der Waals surface area (Å²) < 4.78 is 1.31. The number of aldehydes is 1. The van der Waals surface area contributed by atoms with Crippen molar-refractivity contribution in [3.8, 4) is 0 Å². The summed E-state index contributed by atoms with van der Waals surface area (Å²) in [6, 6.07) is 7.02. The molecular formula is C12H11BBr2N2NaO2. The molecule has 2 heterocycles. The van der Waals surface area contributed by atoms with Crippen LogP contribution in [0.15, 0.2) is 45.9 Å². The van der Waals surface area contributed by atoms with Crippen molar-refractivity contribution >= 4 is 46.6 Å². The number of rotatable bonds is 2. The Morgan fingerprint density at radius 1 is 1.15 bits per heavy atom. The summed E-state index contributed by atoms with van der Waals surface area (Å²) in [5.41, 5.74) is 1.40. The molecule has 0 saturated heterocycles. The summed E-state index contributed by atoms with van der Waals surface area (Å²) >= 11 is 6.30. The first-order chi connectivity index (χ1) is 8.69. The van der Waals surface area contributed by atoms with E-state index in [2.05, 4.69) is 41.8 Å². The molecule has 0 amide bonds. The Morgan fingerprint density at radius 3 is 2.05 bits per heavy atom. The summed E-state index contributed by atoms with van der Waals surface area (Å²) in [4.78, 5) is 17.9. The maximum absolute atomic E-state index is 10.2. The van der Waals surface area contributed by atoms with Gasteiger partial charge < -0.3 is 6.53 Å². The Bertz CT molecular complexity index is 538. The van der Waals surface area contributed by atoms with Crippen LogP contribution in [0, 0.1) is 0 Å². The molecule has 0 aromatic carbocycles. The van der Waals surface area contributed by atoms with Crippen LogP contribution in [0.4, 0.5) is 0 Å². The summed E-state index contributed by atoms with van der Waals surface area (Å²) in [5.74, 6) is 0. The second-order valence-corrected chi connectivity index (χ2v) is 4.62. The quantitative estimate of drug-likeness (QED) is 0.422. The predicted molar refractivity (Wildman–Crippen MR) is 82.1 cm³/mol. The van der Waals surface area contributed by atoms with Crippen LogP contribution < -0.4 is 29.6 Å². The summed E-state index contributed by atoms with van der Waals surface area (Å²) in [6.07, 6.45) is 4.05. The van der Waals surface area contributed by atoms with Gasteiger partial charge in [-0.25, -0.2) is 9.97 Å².